The third kappa shape index (κ3) is 4.54. The van der Waals surface area contributed by atoms with Crippen molar-refractivity contribution in [2.45, 2.75) is 50.8 Å². The molecule has 0 amide bonds. The molecule has 0 spiro atoms. The van der Waals surface area contributed by atoms with Gasteiger partial charge in [-0.15, -0.1) is 23.8 Å². The predicted molar refractivity (Wildman–Crippen MR) is 123 cm³/mol. The summed E-state index contributed by atoms with van der Waals surface area (Å²) in [5.74, 6) is 1.18. The standard InChI is InChI=1S/C25H25N2O2S.Pt/c1-25(2)14-4-3-11-20-23(25)27-24(30-20)17-8-5-9-18(15-17)29-21-13-12-16-7-6-10-19(28)22(16)26-21;/h5-10,12-13,20,23,28H,3-4,11,14H2,1-2H3;/q-1;/t20-,23+;/m0./s1. The smallest absolute Gasteiger partial charge is 0.217 e. The number of aliphatic imine (C=N–C) groups is 1. The van der Waals surface area contributed by atoms with Crippen molar-refractivity contribution >= 4 is 27.7 Å². The number of benzene rings is 2. The number of aromatic nitrogens is 1. The number of hydrogen-bond donors (Lipinski definition) is 1. The fraction of sp³-hybridized carbons (Fsp3) is 0.360. The Hall–Kier alpha value is -1.84. The first kappa shape index (κ1) is 22.4. The Kier molecular flexibility index (Phi) is 6.46. The van der Waals surface area contributed by atoms with Gasteiger partial charge in [-0.05, 0) is 30.4 Å². The number of nitrogens with zero attached hydrogens (tertiary/aromatic N) is 2. The van der Waals surface area contributed by atoms with Crippen LogP contribution < -0.4 is 4.74 Å². The van der Waals surface area contributed by atoms with E-state index in [2.05, 4.69) is 31.0 Å². The second-order valence-corrected chi connectivity index (χ2v) is 10.0. The molecule has 1 aliphatic heterocycles. The van der Waals surface area contributed by atoms with Crippen LogP contribution in [0.25, 0.3) is 10.9 Å². The Morgan fingerprint density at radius 3 is 2.81 bits per heavy atom. The van der Waals surface area contributed by atoms with Gasteiger partial charge >= 0.3 is 0 Å². The Bertz CT molecular complexity index is 1130. The van der Waals surface area contributed by atoms with E-state index < -0.39 is 0 Å². The van der Waals surface area contributed by atoms with E-state index in [0.717, 1.165) is 16.0 Å². The Morgan fingerprint density at radius 2 is 1.94 bits per heavy atom. The van der Waals surface area contributed by atoms with Gasteiger partial charge in [-0.2, -0.15) is 11.8 Å². The van der Waals surface area contributed by atoms with Crippen LogP contribution in [-0.4, -0.2) is 26.4 Å². The summed E-state index contributed by atoms with van der Waals surface area (Å²) >= 11 is 1.90. The van der Waals surface area contributed by atoms with Gasteiger partial charge in [0.25, 0.3) is 0 Å². The van der Waals surface area contributed by atoms with Gasteiger partial charge < -0.3 is 14.8 Å². The summed E-state index contributed by atoms with van der Waals surface area (Å²) < 4.78 is 5.98. The minimum absolute atomic E-state index is 0. The third-order valence-corrected chi connectivity index (χ3v) is 7.46. The molecule has 1 aliphatic carbocycles. The summed E-state index contributed by atoms with van der Waals surface area (Å²) in [5.41, 5.74) is 1.75. The molecule has 2 aliphatic rings. The van der Waals surface area contributed by atoms with Crippen LogP contribution in [0, 0.1) is 11.5 Å². The number of phenolic OH excluding ortho intramolecular Hbond substituents is 1. The average Bonchev–Trinajstić information content (AvgIpc) is 3.12. The molecule has 3 aromatic rings. The fourth-order valence-electron chi connectivity index (χ4n) is 4.46. The van der Waals surface area contributed by atoms with Crippen molar-refractivity contribution in [1.82, 2.24) is 4.98 Å². The van der Waals surface area contributed by atoms with E-state index in [1.807, 2.05) is 42.1 Å². The van der Waals surface area contributed by atoms with Crippen LogP contribution in [0.3, 0.4) is 0 Å². The molecule has 5 rings (SSSR count). The van der Waals surface area contributed by atoms with Crippen LogP contribution in [0.2, 0.25) is 0 Å². The summed E-state index contributed by atoms with van der Waals surface area (Å²) in [5, 5.41) is 12.6. The van der Waals surface area contributed by atoms with Crippen molar-refractivity contribution in [3.05, 3.63) is 60.2 Å². The topological polar surface area (TPSA) is 54.7 Å². The van der Waals surface area contributed by atoms with Gasteiger partial charge in [-0.1, -0.05) is 44.9 Å². The molecule has 2 atom stereocenters. The maximum atomic E-state index is 10.1. The largest absolute Gasteiger partial charge is 0.506 e. The minimum Gasteiger partial charge on any atom is -0.506 e. The van der Waals surface area contributed by atoms with Gasteiger partial charge in [0.15, 0.2) is 0 Å². The molecule has 4 nitrogen and oxygen atoms in total. The normalized spacial score (nSPS) is 22.2. The van der Waals surface area contributed by atoms with Crippen LogP contribution >= 0.6 is 11.8 Å². The van der Waals surface area contributed by atoms with E-state index in [4.69, 9.17) is 9.73 Å². The summed E-state index contributed by atoms with van der Waals surface area (Å²) in [6.45, 7) is 4.71. The van der Waals surface area contributed by atoms with Crippen LogP contribution in [0.5, 0.6) is 17.4 Å². The first-order valence-electron chi connectivity index (χ1n) is 10.5. The molecule has 2 aromatic carbocycles. The molecule has 164 valence electrons. The quantitative estimate of drug-likeness (QED) is 0.350. The summed E-state index contributed by atoms with van der Waals surface area (Å²) in [7, 11) is 0. The summed E-state index contributed by atoms with van der Waals surface area (Å²) in [6, 6.07) is 18.7. The van der Waals surface area contributed by atoms with E-state index in [1.165, 1.54) is 25.7 Å². The number of rotatable bonds is 3. The maximum Gasteiger partial charge on any atom is 0.217 e. The minimum atomic E-state index is 0. The fourth-order valence-corrected chi connectivity index (χ4v) is 6.01. The molecule has 0 saturated heterocycles. The molecule has 1 saturated carbocycles. The number of aromatic hydroxyl groups is 1. The van der Waals surface area contributed by atoms with E-state index in [1.54, 1.807) is 12.1 Å². The Labute approximate surface area is 201 Å². The number of thioether (sulfide) groups is 1. The number of para-hydroxylation sites is 1. The van der Waals surface area contributed by atoms with Crippen LogP contribution in [-0.2, 0) is 21.1 Å². The molecule has 0 bridgehead atoms. The van der Waals surface area contributed by atoms with Crippen LogP contribution in [0.4, 0.5) is 0 Å². The van der Waals surface area contributed by atoms with Crippen molar-refractivity contribution in [1.29, 1.82) is 0 Å². The molecule has 1 aromatic heterocycles. The molecular formula is C25H25N2O2PtS-. The molecule has 0 radical (unpaired) electrons. The molecule has 0 unspecified atom stereocenters. The second kappa shape index (κ2) is 8.96. The molecule has 2 heterocycles. The van der Waals surface area contributed by atoms with Crippen molar-refractivity contribution in [2.24, 2.45) is 10.4 Å². The Morgan fingerprint density at radius 1 is 1.10 bits per heavy atom. The van der Waals surface area contributed by atoms with Crippen molar-refractivity contribution < 1.29 is 30.9 Å². The second-order valence-electron chi connectivity index (χ2n) is 8.80. The first-order chi connectivity index (χ1) is 14.5. The molecule has 6 heteroatoms. The van der Waals surface area contributed by atoms with E-state index in [0.29, 0.717) is 28.4 Å². The number of fused-ring (bicyclic) bond motifs is 2. The number of ether oxygens (including phenoxy) is 1. The third-order valence-electron chi connectivity index (χ3n) is 6.12. The SMILES string of the molecule is CC1(C)CCCC[C@@H]2SC(c3[c-]c(Oc4ccc5cccc(O)c5n4)ccc3)=N[C@H]21.[Pt]. The van der Waals surface area contributed by atoms with Gasteiger partial charge in [0.1, 0.15) is 11.3 Å². The molecular weight excluding hydrogens is 587 g/mol. The molecule has 1 N–H and O–H groups in total. The zero-order valence-corrected chi connectivity index (χ0v) is 20.7. The zero-order valence-electron chi connectivity index (χ0n) is 17.6. The van der Waals surface area contributed by atoms with Gasteiger partial charge in [0.05, 0.1) is 6.04 Å². The van der Waals surface area contributed by atoms with Crippen molar-refractivity contribution in [3.8, 4) is 17.4 Å². The van der Waals surface area contributed by atoms with Gasteiger partial charge in [-0.25, -0.2) is 4.98 Å². The predicted octanol–water partition coefficient (Wildman–Crippen LogP) is 6.36. The maximum absolute atomic E-state index is 10.1. The van der Waals surface area contributed by atoms with Crippen molar-refractivity contribution in [3.63, 3.8) is 0 Å². The first-order valence-corrected chi connectivity index (χ1v) is 11.4. The van der Waals surface area contributed by atoms with E-state index in [9.17, 15) is 5.11 Å². The zero-order chi connectivity index (χ0) is 20.7. The van der Waals surface area contributed by atoms with Gasteiger partial charge in [0, 0.05) is 48.6 Å². The van der Waals surface area contributed by atoms with E-state index >= 15 is 0 Å². The monoisotopic (exact) mass is 612 g/mol. The Balaban J connectivity index is 0.00000231. The number of hydrogen-bond acceptors (Lipinski definition) is 5. The van der Waals surface area contributed by atoms with Gasteiger partial charge in [0.2, 0.25) is 5.88 Å². The molecule has 1 fully saturated rings. The number of pyridine rings is 1. The molecule has 31 heavy (non-hydrogen) atoms. The van der Waals surface area contributed by atoms with Crippen molar-refractivity contribution in [2.75, 3.05) is 0 Å². The van der Waals surface area contributed by atoms with E-state index in [-0.39, 0.29) is 32.2 Å². The average molecular weight is 613 g/mol. The van der Waals surface area contributed by atoms with Crippen LogP contribution in [0.15, 0.2) is 53.5 Å². The number of phenols is 1. The summed E-state index contributed by atoms with van der Waals surface area (Å²) in [6.07, 6.45) is 5.05. The van der Waals surface area contributed by atoms with Gasteiger partial charge in [-0.3, -0.25) is 0 Å². The van der Waals surface area contributed by atoms with Crippen LogP contribution in [0.1, 0.15) is 45.1 Å². The summed E-state index contributed by atoms with van der Waals surface area (Å²) in [4.78, 5) is 9.60.